The van der Waals surface area contributed by atoms with Gasteiger partial charge in [0.25, 0.3) is 5.91 Å². The van der Waals surface area contributed by atoms with Gasteiger partial charge in [0, 0.05) is 16.4 Å². The number of carbonyl (C=O) groups is 1. The molecule has 1 aromatic carbocycles. The number of halogens is 3. The van der Waals surface area contributed by atoms with Gasteiger partial charge in [-0.25, -0.2) is 4.98 Å². The van der Waals surface area contributed by atoms with E-state index in [1.54, 1.807) is 30.5 Å². The molecule has 98 valence electrons. The second-order valence-corrected chi connectivity index (χ2v) is 5.72. The summed E-state index contributed by atoms with van der Waals surface area (Å²) in [5.74, 6) is -0.319. The van der Waals surface area contributed by atoms with E-state index in [1.165, 1.54) is 0 Å². The smallest absolute Gasteiger partial charge is 0.256 e. The van der Waals surface area contributed by atoms with Crippen molar-refractivity contribution in [1.29, 1.82) is 0 Å². The minimum atomic E-state index is -0.319. The molecule has 0 aliphatic carbocycles. The molecule has 0 saturated heterocycles. The molecule has 0 aliphatic heterocycles. The number of nitrogens with two attached hydrogens (primary N) is 1. The maximum Gasteiger partial charge on any atom is 0.256 e. The predicted molar refractivity (Wildman–Crippen MR) is 83.5 cm³/mol. The monoisotopic (exact) mass is 403 g/mol. The number of rotatable bonds is 2. The van der Waals surface area contributed by atoms with Crippen LogP contribution in [0, 0.1) is 0 Å². The van der Waals surface area contributed by atoms with Crippen LogP contribution in [0.15, 0.2) is 39.4 Å². The maximum atomic E-state index is 12.2. The number of nitrogen functional groups attached to an aromatic ring is 1. The molecule has 4 nitrogen and oxygen atoms in total. The predicted octanol–water partition coefficient (Wildman–Crippen LogP) is 4.09. The highest BCUT2D eigenvalue weighted by Crippen LogP contribution is 2.27. The largest absolute Gasteiger partial charge is 0.398 e. The van der Waals surface area contributed by atoms with Crippen molar-refractivity contribution < 1.29 is 4.79 Å². The quantitative estimate of drug-likeness (QED) is 0.584. The normalized spacial score (nSPS) is 10.3. The van der Waals surface area contributed by atoms with E-state index in [-0.39, 0.29) is 11.1 Å². The van der Waals surface area contributed by atoms with E-state index in [4.69, 9.17) is 17.3 Å². The molecule has 0 bridgehead atoms. The Morgan fingerprint density at radius 1 is 1.37 bits per heavy atom. The van der Waals surface area contributed by atoms with E-state index in [0.717, 1.165) is 4.47 Å². The minimum Gasteiger partial charge on any atom is -0.398 e. The number of benzene rings is 1. The first-order valence-corrected chi connectivity index (χ1v) is 7.12. The number of carbonyl (C=O) groups excluding carboxylic acids is 1. The Balaban J connectivity index is 2.31. The number of hydrogen-bond acceptors (Lipinski definition) is 3. The van der Waals surface area contributed by atoms with Gasteiger partial charge in [-0.1, -0.05) is 17.7 Å². The topological polar surface area (TPSA) is 68.0 Å². The number of nitrogens with zero attached hydrogens (tertiary/aromatic N) is 1. The van der Waals surface area contributed by atoms with Crippen LogP contribution in [-0.4, -0.2) is 10.9 Å². The average molecular weight is 405 g/mol. The van der Waals surface area contributed by atoms with Crippen molar-refractivity contribution in [2.24, 2.45) is 0 Å². The Morgan fingerprint density at radius 2 is 2.11 bits per heavy atom. The molecule has 0 atom stereocenters. The first-order valence-electron chi connectivity index (χ1n) is 5.15. The van der Waals surface area contributed by atoms with Crippen molar-refractivity contribution in [2.45, 2.75) is 0 Å². The first-order chi connectivity index (χ1) is 8.99. The molecule has 2 aromatic rings. The Hall–Kier alpha value is -1.11. The zero-order valence-corrected chi connectivity index (χ0v) is 13.4. The van der Waals surface area contributed by atoms with Gasteiger partial charge < -0.3 is 11.1 Å². The SMILES string of the molecule is Nc1cccc(C(=O)Nc2cc(Br)cnc2Cl)c1Br. The van der Waals surface area contributed by atoms with E-state index < -0.39 is 0 Å². The maximum absolute atomic E-state index is 12.2. The summed E-state index contributed by atoms with van der Waals surface area (Å²) in [6.45, 7) is 0. The highest BCUT2D eigenvalue weighted by Gasteiger charge is 2.13. The fourth-order valence-corrected chi connectivity index (χ4v) is 2.35. The van der Waals surface area contributed by atoms with Crippen LogP contribution in [0.2, 0.25) is 5.15 Å². The molecule has 0 aliphatic rings. The number of hydrogen-bond donors (Lipinski definition) is 2. The summed E-state index contributed by atoms with van der Waals surface area (Å²) in [6.07, 6.45) is 1.55. The Morgan fingerprint density at radius 3 is 2.84 bits per heavy atom. The van der Waals surface area contributed by atoms with Gasteiger partial charge in [-0.3, -0.25) is 4.79 Å². The standard InChI is InChI=1S/C12H8Br2ClN3O/c13-6-4-9(11(15)17-5-6)18-12(19)7-2-1-3-8(16)10(7)14/h1-5H,16H2,(H,18,19). The Labute approximate surface area is 131 Å². The van der Waals surface area contributed by atoms with Gasteiger partial charge in [0.15, 0.2) is 5.15 Å². The third kappa shape index (κ3) is 3.26. The second kappa shape index (κ2) is 5.90. The summed E-state index contributed by atoms with van der Waals surface area (Å²) < 4.78 is 1.27. The second-order valence-electron chi connectivity index (χ2n) is 3.65. The van der Waals surface area contributed by atoms with Crippen LogP contribution < -0.4 is 11.1 Å². The van der Waals surface area contributed by atoms with Crippen molar-refractivity contribution >= 4 is 60.7 Å². The molecule has 0 unspecified atom stereocenters. The van der Waals surface area contributed by atoms with Crippen LogP contribution in [0.3, 0.4) is 0 Å². The van der Waals surface area contributed by atoms with Gasteiger partial charge in [-0.2, -0.15) is 0 Å². The molecule has 0 saturated carbocycles. The van der Waals surface area contributed by atoms with E-state index in [0.29, 0.717) is 21.4 Å². The third-order valence-corrected chi connectivity index (χ3v) is 3.95. The molecule has 0 spiro atoms. The number of anilines is 2. The van der Waals surface area contributed by atoms with Gasteiger partial charge in [0.1, 0.15) is 0 Å². The molecule has 0 fully saturated rings. The number of aromatic nitrogens is 1. The summed E-state index contributed by atoms with van der Waals surface area (Å²) in [6, 6.07) is 6.74. The van der Waals surface area contributed by atoms with E-state index in [2.05, 4.69) is 42.2 Å². The summed E-state index contributed by atoms with van der Waals surface area (Å²) >= 11 is 12.5. The van der Waals surface area contributed by atoms with Crippen LogP contribution in [0.25, 0.3) is 0 Å². The molecule has 1 amide bonds. The molecule has 2 rings (SSSR count). The van der Waals surface area contributed by atoms with Gasteiger partial charge in [-0.15, -0.1) is 0 Å². The van der Waals surface area contributed by atoms with Crippen molar-refractivity contribution in [3.8, 4) is 0 Å². The summed E-state index contributed by atoms with van der Waals surface area (Å²) in [5, 5.41) is 2.91. The van der Waals surface area contributed by atoms with E-state index >= 15 is 0 Å². The number of pyridine rings is 1. The van der Waals surface area contributed by atoms with E-state index in [1.807, 2.05) is 0 Å². The molecule has 0 radical (unpaired) electrons. The average Bonchev–Trinajstić information content (AvgIpc) is 2.37. The first kappa shape index (κ1) is 14.3. The molecule has 7 heteroatoms. The zero-order chi connectivity index (χ0) is 14.0. The van der Waals surface area contributed by atoms with Crippen LogP contribution in [0.1, 0.15) is 10.4 Å². The third-order valence-electron chi connectivity index (χ3n) is 2.33. The van der Waals surface area contributed by atoms with Crippen LogP contribution in [0.5, 0.6) is 0 Å². The number of amides is 1. The summed E-state index contributed by atoms with van der Waals surface area (Å²) in [5.41, 5.74) is 7.08. The van der Waals surface area contributed by atoms with Gasteiger partial charge in [0.05, 0.1) is 15.7 Å². The Kier molecular flexibility index (Phi) is 4.44. The fourth-order valence-electron chi connectivity index (χ4n) is 1.43. The van der Waals surface area contributed by atoms with Crippen molar-refractivity contribution in [1.82, 2.24) is 4.98 Å². The summed E-state index contributed by atoms with van der Waals surface area (Å²) in [4.78, 5) is 16.1. The van der Waals surface area contributed by atoms with Gasteiger partial charge in [-0.05, 0) is 50.1 Å². The molecular formula is C12H8Br2ClN3O. The molecule has 19 heavy (non-hydrogen) atoms. The lowest BCUT2D eigenvalue weighted by Gasteiger charge is -2.09. The van der Waals surface area contributed by atoms with E-state index in [9.17, 15) is 4.79 Å². The minimum absolute atomic E-state index is 0.219. The lowest BCUT2D eigenvalue weighted by atomic mass is 10.2. The molecule has 1 aromatic heterocycles. The fraction of sp³-hybridized carbons (Fsp3) is 0. The van der Waals surface area contributed by atoms with Gasteiger partial charge >= 0.3 is 0 Å². The molecule has 1 heterocycles. The Bertz CT molecular complexity index is 649. The highest BCUT2D eigenvalue weighted by molar-refractivity contribution is 9.11. The molecule has 3 N–H and O–H groups in total. The van der Waals surface area contributed by atoms with Crippen LogP contribution in [-0.2, 0) is 0 Å². The highest BCUT2D eigenvalue weighted by atomic mass is 79.9. The van der Waals surface area contributed by atoms with Crippen molar-refractivity contribution in [3.63, 3.8) is 0 Å². The van der Waals surface area contributed by atoms with Crippen LogP contribution >= 0.6 is 43.5 Å². The van der Waals surface area contributed by atoms with Gasteiger partial charge in [0.2, 0.25) is 0 Å². The summed E-state index contributed by atoms with van der Waals surface area (Å²) in [7, 11) is 0. The zero-order valence-electron chi connectivity index (χ0n) is 9.45. The number of nitrogens with one attached hydrogen (secondary N) is 1. The lowest BCUT2D eigenvalue weighted by molar-refractivity contribution is 0.102. The van der Waals surface area contributed by atoms with Crippen molar-refractivity contribution in [2.75, 3.05) is 11.1 Å². The molecular weight excluding hydrogens is 397 g/mol. The van der Waals surface area contributed by atoms with Crippen LogP contribution in [0.4, 0.5) is 11.4 Å². The van der Waals surface area contributed by atoms with Crippen molar-refractivity contribution in [3.05, 3.63) is 50.1 Å². The lowest BCUT2D eigenvalue weighted by Crippen LogP contribution is -2.13.